The van der Waals surface area contributed by atoms with Gasteiger partial charge in [-0.2, -0.15) is 0 Å². The Morgan fingerprint density at radius 1 is 1.23 bits per heavy atom. The molecule has 4 rings (SSSR count). The average molecular weight is 299 g/mol. The summed E-state index contributed by atoms with van der Waals surface area (Å²) in [6, 6.07) is 8.28. The highest BCUT2D eigenvalue weighted by molar-refractivity contribution is 5.86. The minimum Gasteiger partial charge on any atom is -0.356 e. The van der Waals surface area contributed by atoms with Crippen molar-refractivity contribution in [1.82, 2.24) is 15.0 Å². The molecule has 0 radical (unpaired) electrons. The van der Waals surface area contributed by atoms with E-state index in [1.54, 1.807) is 0 Å². The molecule has 5 heteroatoms. The quantitative estimate of drug-likeness (QED) is 0.852. The first-order valence-corrected chi connectivity index (χ1v) is 8.16. The lowest BCUT2D eigenvalue weighted by molar-refractivity contribution is -0.130. The third-order valence-corrected chi connectivity index (χ3v) is 4.93. The number of nitrogens with zero attached hydrogens (tertiary/aromatic N) is 3. The zero-order valence-electron chi connectivity index (χ0n) is 12.7. The highest BCUT2D eigenvalue weighted by atomic mass is 16.5. The van der Waals surface area contributed by atoms with Crippen LogP contribution in [0.25, 0.3) is 11.0 Å². The number of hydrogen-bond donors (Lipinski definition) is 0. The summed E-state index contributed by atoms with van der Waals surface area (Å²) in [7, 11) is 0. The van der Waals surface area contributed by atoms with Crippen LogP contribution in [0.15, 0.2) is 28.8 Å². The molecule has 22 heavy (non-hydrogen) atoms. The molecule has 2 fully saturated rings. The number of carbonyl (C=O) groups excluding carboxylic acids is 1. The van der Waals surface area contributed by atoms with E-state index in [0.29, 0.717) is 12.5 Å². The maximum absolute atomic E-state index is 12.7. The van der Waals surface area contributed by atoms with Crippen LogP contribution in [0.3, 0.4) is 0 Å². The maximum atomic E-state index is 12.7. The van der Waals surface area contributed by atoms with Crippen molar-refractivity contribution in [2.45, 2.75) is 31.7 Å². The SMILES string of the molecule is O=C(Cc1noc2ccccc12)N1CCCN2CCC[C@@H]2C1. The number of para-hydroxylation sites is 1. The lowest BCUT2D eigenvalue weighted by Crippen LogP contribution is -2.40. The zero-order chi connectivity index (χ0) is 14.9. The molecule has 2 aliphatic rings. The fourth-order valence-corrected chi connectivity index (χ4v) is 3.75. The van der Waals surface area contributed by atoms with Crippen molar-refractivity contribution in [1.29, 1.82) is 0 Å². The fourth-order valence-electron chi connectivity index (χ4n) is 3.75. The van der Waals surface area contributed by atoms with Crippen LogP contribution in [0.1, 0.15) is 25.0 Å². The van der Waals surface area contributed by atoms with E-state index in [0.717, 1.165) is 42.7 Å². The third kappa shape index (κ3) is 2.50. The van der Waals surface area contributed by atoms with E-state index in [-0.39, 0.29) is 5.91 Å². The Hall–Kier alpha value is -1.88. The molecular weight excluding hydrogens is 278 g/mol. The number of aromatic nitrogens is 1. The first kappa shape index (κ1) is 13.8. The van der Waals surface area contributed by atoms with Crippen molar-refractivity contribution in [2.75, 3.05) is 26.2 Å². The van der Waals surface area contributed by atoms with Crippen LogP contribution in [0.5, 0.6) is 0 Å². The lowest BCUT2D eigenvalue weighted by Gasteiger charge is -2.25. The summed E-state index contributed by atoms with van der Waals surface area (Å²) in [6.45, 7) is 4.05. The third-order valence-electron chi connectivity index (χ3n) is 4.93. The molecule has 0 saturated carbocycles. The van der Waals surface area contributed by atoms with Gasteiger partial charge in [-0.3, -0.25) is 9.69 Å². The topological polar surface area (TPSA) is 49.6 Å². The molecule has 1 atom stereocenters. The molecule has 2 saturated heterocycles. The first-order valence-electron chi connectivity index (χ1n) is 8.16. The summed E-state index contributed by atoms with van der Waals surface area (Å²) in [4.78, 5) is 17.2. The molecule has 1 aromatic carbocycles. The lowest BCUT2D eigenvalue weighted by atomic mass is 10.1. The first-order chi connectivity index (χ1) is 10.8. The number of benzene rings is 1. The van der Waals surface area contributed by atoms with Gasteiger partial charge in [0.05, 0.1) is 6.42 Å². The number of rotatable bonds is 2. The number of amides is 1. The predicted octanol–water partition coefficient (Wildman–Crippen LogP) is 2.07. The molecule has 0 spiro atoms. The molecule has 0 N–H and O–H groups in total. The predicted molar refractivity (Wildman–Crippen MR) is 83.5 cm³/mol. The summed E-state index contributed by atoms with van der Waals surface area (Å²) in [6.07, 6.45) is 3.89. The van der Waals surface area contributed by atoms with Crippen LogP contribution in [0.2, 0.25) is 0 Å². The molecular formula is C17H21N3O2. The second-order valence-corrected chi connectivity index (χ2v) is 6.33. The molecule has 0 unspecified atom stereocenters. The van der Waals surface area contributed by atoms with Crippen LogP contribution in [-0.2, 0) is 11.2 Å². The Labute approximate surface area is 129 Å². The van der Waals surface area contributed by atoms with E-state index in [1.165, 1.54) is 19.4 Å². The van der Waals surface area contributed by atoms with Gasteiger partial charge in [0.25, 0.3) is 0 Å². The van der Waals surface area contributed by atoms with Gasteiger partial charge in [-0.05, 0) is 37.9 Å². The number of fused-ring (bicyclic) bond motifs is 2. The zero-order valence-corrected chi connectivity index (χ0v) is 12.7. The average Bonchev–Trinajstić information content (AvgIpc) is 3.09. The molecule has 2 aliphatic heterocycles. The normalized spacial score (nSPS) is 22.7. The van der Waals surface area contributed by atoms with E-state index < -0.39 is 0 Å². The fraction of sp³-hybridized carbons (Fsp3) is 0.529. The molecule has 116 valence electrons. The molecule has 0 aliphatic carbocycles. The van der Waals surface area contributed by atoms with Crippen molar-refractivity contribution in [2.24, 2.45) is 0 Å². The summed E-state index contributed by atoms with van der Waals surface area (Å²) < 4.78 is 5.30. The van der Waals surface area contributed by atoms with E-state index in [9.17, 15) is 4.79 Å². The van der Waals surface area contributed by atoms with Gasteiger partial charge in [0, 0.05) is 31.1 Å². The van der Waals surface area contributed by atoms with E-state index in [1.807, 2.05) is 29.2 Å². The highest BCUT2D eigenvalue weighted by Gasteiger charge is 2.30. The van der Waals surface area contributed by atoms with Gasteiger partial charge in [-0.15, -0.1) is 0 Å². The minimum atomic E-state index is 0.174. The Morgan fingerprint density at radius 3 is 3.05 bits per heavy atom. The van der Waals surface area contributed by atoms with Crippen LogP contribution in [0.4, 0.5) is 0 Å². The van der Waals surface area contributed by atoms with Crippen LogP contribution < -0.4 is 0 Å². The summed E-state index contributed by atoms with van der Waals surface area (Å²) in [5.41, 5.74) is 1.51. The number of hydrogen-bond acceptors (Lipinski definition) is 4. The summed E-state index contributed by atoms with van der Waals surface area (Å²) >= 11 is 0. The second-order valence-electron chi connectivity index (χ2n) is 6.33. The van der Waals surface area contributed by atoms with Crippen molar-refractivity contribution in [3.63, 3.8) is 0 Å². The molecule has 1 amide bonds. The molecule has 5 nitrogen and oxygen atoms in total. The van der Waals surface area contributed by atoms with Crippen molar-refractivity contribution < 1.29 is 9.32 Å². The molecule has 3 heterocycles. The van der Waals surface area contributed by atoms with Gasteiger partial charge in [0.1, 0.15) is 5.69 Å². The molecule has 2 aromatic rings. The standard InChI is InChI=1S/C17H21N3O2/c21-17(11-15-14-6-1-2-7-16(14)22-18-15)20-10-4-9-19-8-3-5-13(19)12-20/h1-2,6-7,13H,3-5,8-12H2/t13-/m1/s1. The van der Waals surface area contributed by atoms with E-state index in [4.69, 9.17) is 4.52 Å². The van der Waals surface area contributed by atoms with E-state index in [2.05, 4.69) is 10.1 Å². The van der Waals surface area contributed by atoms with Gasteiger partial charge in [-0.1, -0.05) is 17.3 Å². The monoisotopic (exact) mass is 299 g/mol. The summed E-state index contributed by atoms with van der Waals surface area (Å²) in [5, 5.41) is 5.04. The van der Waals surface area contributed by atoms with Crippen molar-refractivity contribution >= 4 is 16.9 Å². The van der Waals surface area contributed by atoms with Gasteiger partial charge in [0.2, 0.25) is 5.91 Å². The Balaban J connectivity index is 1.49. The van der Waals surface area contributed by atoms with E-state index >= 15 is 0 Å². The van der Waals surface area contributed by atoms with Gasteiger partial charge in [-0.25, -0.2) is 0 Å². The molecule has 1 aromatic heterocycles. The largest absolute Gasteiger partial charge is 0.356 e. The van der Waals surface area contributed by atoms with Crippen molar-refractivity contribution in [3.8, 4) is 0 Å². The second kappa shape index (κ2) is 5.72. The van der Waals surface area contributed by atoms with Crippen LogP contribution in [-0.4, -0.2) is 53.1 Å². The van der Waals surface area contributed by atoms with Crippen LogP contribution >= 0.6 is 0 Å². The number of carbonyl (C=O) groups is 1. The van der Waals surface area contributed by atoms with Crippen molar-refractivity contribution in [3.05, 3.63) is 30.0 Å². The summed E-state index contributed by atoms with van der Waals surface area (Å²) in [5.74, 6) is 0.174. The highest BCUT2D eigenvalue weighted by Crippen LogP contribution is 2.23. The molecule has 0 bridgehead atoms. The van der Waals surface area contributed by atoms with Crippen LogP contribution in [0, 0.1) is 0 Å². The Morgan fingerprint density at radius 2 is 2.09 bits per heavy atom. The smallest absolute Gasteiger partial charge is 0.228 e. The Bertz CT molecular complexity index is 681. The van der Waals surface area contributed by atoms with Gasteiger partial charge < -0.3 is 9.42 Å². The Kier molecular flexibility index (Phi) is 3.58. The van der Waals surface area contributed by atoms with Gasteiger partial charge >= 0.3 is 0 Å². The minimum absolute atomic E-state index is 0.174. The maximum Gasteiger partial charge on any atom is 0.228 e. The van der Waals surface area contributed by atoms with Gasteiger partial charge in [0.15, 0.2) is 5.58 Å².